The van der Waals surface area contributed by atoms with Gasteiger partial charge in [-0.3, -0.25) is 0 Å². The van der Waals surface area contributed by atoms with Crippen LogP contribution < -0.4 is 10.5 Å². The normalized spacial score (nSPS) is 10.6. The Morgan fingerprint density at radius 2 is 1.79 bits per heavy atom. The van der Waals surface area contributed by atoms with Crippen LogP contribution in [0, 0.1) is 0 Å². The Morgan fingerprint density at radius 1 is 1.00 bits per heavy atom. The fourth-order valence-corrected chi connectivity index (χ4v) is 2.08. The van der Waals surface area contributed by atoms with Gasteiger partial charge in [0.25, 0.3) is 0 Å². The number of benzene rings is 2. The van der Waals surface area contributed by atoms with Gasteiger partial charge >= 0.3 is 0 Å². The second kappa shape index (κ2) is 4.85. The predicted molar refractivity (Wildman–Crippen MR) is 78.2 cm³/mol. The minimum Gasteiger partial charge on any atom is -0.438 e. The predicted octanol–water partition coefficient (Wildman–Crippen LogP) is 3.77. The summed E-state index contributed by atoms with van der Waals surface area (Å²) in [5.74, 6) is 1.22. The van der Waals surface area contributed by atoms with Gasteiger partial charge in [-0.1, -0.05) is 15.9 Å². The van der Waals surface area contributed by atoms with Crippen LogP contribution in [0.5, 0.6) is 11.6 Å². The molecule has 0 amide bonds. The Balaban J connectivity index is 2.03. The summed E-state index contributed by atoms with van der Waals surface area (Å²) >= 11 is 3.42. The molecule has 0 fully saturated rings. The number of aromatic nitrogens is 2. The van der Waals surface area contributed by atoms with Crippen molar-refractivity contribution in [3.8, 4) is 11.6 Å². The van der Waals surface area contributed by atoms with Gasteiger partial charge in [0.15, 0.2) is 0 Å². The van der Waals surface area contributed by atoms with E-state index in [9.17, 15) is 0 Å². The van der Waals surface area contributed by atoms with Gasteiger partial charge in [-0.25, -0.2) is 9.97 Å². The molecule has 0 unspecified atom stereocenters. The van der Waals surface area contributed by atoms with Crippen LogP contribution >= 0.6 is 15.9 Å². The molecule has 4 nitrogen and oxygen atoms in total. The second-order valence-electron chi connectivity index (χ2n) is 4.01. The number of anilines is 1. The first-order valence-corrected chi connectivity index (χ1v) is 6.45. The lowest BCUT2D eigenvalue weighted by Gasteiger charge is -2.07. The number of halogens is 1. The topological polar surface area (TPSA) is 61.0 Å². The molecule has 1 aromatic heterocycles. The molecular weight excluding hydrogens is 306 g/mol. The van der Waals surface area contributed by atoms with Crippen molar-refractivity contribution >= 4 is 32.5 Å². The van der Waals surface area contributed by atoms with Crippen molar-refractivity contribution in [3.63, 3.8) is 0 Å². The van der Waals surface area contributed by atoms with E-state index >= 15 is 0 Å². The van der Waals surface area contributed by atoms with Gasteiger partial charge in [0.2, 0.25) is 5.88 Å². The van der Waals surface area contributed by atoms with Crippen LogP contribution in [0.2, 0.25) is 0 Å². The van der Waals surface area contributed by atoms with E-state index in [2.05, 4.69) is 25.9 Å². The average molecular weight is 316 g/mol. The minimum absolute atomic E-state index is 0.530. The van der Waals surface area contributed by atoms with Crippen LogP contribution in [0.4, 0.5) is 5.69 Å². The Kier molecular flexibility index (Phi) is 3.05. The maximum absolute atomic E-state index is 5.76. The fraction of sp³-hybridized carbons (Fsp3) is 0. The lowest BCUT2D eigenvalue weighted by molar-refractivity contribution is 0.468. The molecule has 94 valence electrons. The molecule has 19 heavy (non-hydrogen) atoms. The Hall–Kier alpha value is -2.14. The first-order chi connectivity index (χ1) is 9.22. The molecule has 3 aromatic rings. The molecule has 0 aliphatic rings. The van der Waals surface area contributed by atoms with Crippen molar-refractivity contribution in [2.45, 2.75) is 0 Å². The molecule has 0 saturated carbocycles. The van der Waals surface area contributed by atoms with Crippen molar-refractivity contribution in [1.82, 2.24) is 9.97 Å². The third-order valence-electron chi connectivity index (χ3n) is 2.66. The molecule has 5 heteroatoms. The van der Waals surface area contributed by atoms with E-state index in [-0.39, 0.29) is 0 Å². The van der Waals surface area contributed by atoms with E-state index in [1.807, 2.05) is 30.3 Å². The van der Waals surface area contributed by atoms with Crippen molar-refractivity contribution in [1.29, 1.82) is 0 Å². The van der Waals surface area contributed by atoms with Gasteiger partial charge < -0.3 is 10.5 Å². The van der Waals surface area contributed by atoms with Crippen molar-refractivity contribution in [2.24, 2.45) is 0 Å². The summed E-state index contributed by atoms with van der Waals surface area (Å²) in [4.78, 5) is 8.39. The van der Waals surface area contributed by atoms with E-state index in [0.29, 0.717) is 17.3 Å². The highest BCUT2D eigenvalue weighted by Crippen LogP contribution is 2.28. The first-order valence-electron chi connectivity index (χ1n) is 5.66. The SMILES string of the molecule is Nc1ccc(Oc2ncnc3cc(Br)ccc23)cc1. The number of nitrogens with zero attached hydrogens (tertiary/aromatic N) is 2. The number of fused-ring (bicyclic) bond motifs is 1. The van der Waals surface area contributed by atoms with Crippen LogP contribution in [-0.4, -0.2) is 9.97 Å². The number of nitrogen functional groups attached to an aromatic ring is 1. The molecule has 0 spiro atoms. The number of hydrogen-bond donors (Lipinski definition) is 1. The first kappa shape index (κ1) is 11.9. The molecule has 0 aliphatic heterocycles. The van der Waals surface area contributed by atoms with E-state index in [1.165, 1.54) is 6.33 Å². The zero-order valence-corrected chi connectivity index (χ0v) is 11.5. The van der Waals surface area contributed by atoms with Gasteiger partial charge in [0.1, 0.15) is 12.1 Å². The highest BCUT2D eigenvalue weighted by molar-refractivity contribution is 9.10. The third kappa shape index (κ3) is 2.51. The molecule has 2 aromatic carbocycles. The molecule has 0 atom stereocenters. The smallest absolute Gasteiger partial charge is 0.230 e. The summed E-state index contributed by atoms with van der Waals surface area (Å²) in [5.41, 5.74) is 7.17. The standard InChI is InChI=1S/C14H10BrN3O/c15-9-1-6-12-13(7-9)17-8-18-14(12)19-11-4-2-10(16)3-5-11/h1-8H,16H2. The molecule has 0 bridgehead atoms. The van der Waals surface area contributed by atoms with Crippen molar-refractivity contribution in [3.05, 3.63) is 53.3 Å². The summed E-state index contributed by atoms with van der Waals surface area (Å²) in [5, 5.41) is 0.863. The Labute approximate surface area is 118 Å². The largest absolute Gasteiger partial charge is 0.438 e. The molecule has 0 aliphatic carbocycles. The Bertz CT molecular complexity index is 728. The minimum atomic E-state index is 0.530. The van der Waals surface area contributed by atoms with Crippen LogP contribution in [-0.2, 0) is 0 Å². The maximum atomic E-state index is 5.76. The summed E-state index contributed by atoms with van der Waals surface area (Å²) in [6, 6.07) is 13.0. The van der Waals surface area contributed by atoms with Gasteiger partial charge in [0.05, 0.1) is 10.9 Å². The maximum Gasteiger partial charge on any atom is 0.230 e. The van der Waals surface area contributed by atoms with E-state index in [1.54, 1.807) is 12.1 Å². The van der Waals surface area contributed by atoms with E-state index in [4.69, 9.17) is 10.5 Å². The van der Waals surface area contributed by atoms with Crippen LogP contribution in [0.15, 0.2) is 53.3 Å². The summed E-state index contributed by atoms with van der Waals surface area (Å²) < 4.78 is 6.73. The van der Waals surface area contributed by atoms with Crippen LogP contribution in [0.3, 0.4) is 0 Å². The molecular formula is C14H10BrN3O. The molecule has 3 rings (SSSR count). The zero-order chi connectivity index (χ0) is 13.2. The van der Waals surface area contributed by atoms with Gasteiger partial charge in [-0.05, 0) is 42.5 Å². The lowest BCUT2D eigenvalue weighted by Crippen LogP contribution is -1.92. The highest BCUT2D eigenvalue weighted by Gasteiger charge is 2.06. The van der Waals surface area contributed by atoms with E-state index < -0.39 is 0 Å². The summed E-state index contributed by atoms with van der Waals surface area (Å²) in [6.45, 7) is 0. The van der Waals surface area contributed by atoms with Gasteiger partial charge in [0, 0.05) is 10.2 Å². The number of hydrogen-bond acceptors (Lipinski definition) is 4. The number of ether oxygens (including phenoxy) is 1. The quantitative estimate of drug-likeness (QED) is 0.731. The van der Waals surface area contributed by atoms with Crippen molar-refractivity contribution in [2.75, 3.05) is 5.73 Å². The molecule has 0 saturated heterocycles. The lowest BCUT2D eigenvalue weighted by atomic mass is 10.2. The Morgan fingerprint density at radius 3 is 2.58 bits per heavy atom. The zero-order valence-electron chi connectivity index (χ0n) is 9.88. The molecule has 2 N–H and O–H groups in total. The van der Waals surface area contributed by atoms with Gasteiger partial charge in [-0.2, -0.15) is 0 Å². The summed E-state index contributed by atoms with van der Waals surface area (Å²) in [7, 11) is 0. The third-order valence-corrected chi connectivity index (χ3v) is 3.15. The average Bonchev–Trinajstić information content (AvgIpc) is 2.41. The van der Waals surface area contributed by atoms with Gasteiger partial charge in [-0.15, -0.1) is 0 Å². The summed E-state index contributed by atoms with van der Waals surface area (Å²) in [6.07, 6.45) is 1.49. The van der Waals surface area contributed by atoms with E-state index in [0.717, 1.165) is 15.4 Å². The number of nitrogens with two attached hydrogens (primary N) is 1. The molecule has 0 radical (unpaired) electrons. The monoisotopic (exact) mass is 315 g/mol. The fourth-order valence-electron chi connectivity index (χ4n) is 1.73. The van der Waals surface area contributed by atoms with Crippen LogP contribution in [0.1, 0.15) is 0 Å². The molecule has 1 heterocycles. The number of rotatable bonds is 2. The highest BCUT2D eigenvalue weighted by atomic mass is 79.9. The second-order valence-corrected chi connectivity index (χ2v) is 4.93. The van der Waals surface area contributed by atoms with Crippen LogP contribution in [0.25, 0.3) is 10.9 Å². The van der Waals surface area contributed by atoms with Crippen molar-refractivity contribution < 1.29 is 4.74 Å².